The Morgan fingerprint density at radius 3 is 2.65 bits per heavy atom. The number of thiophene rings is 1. The number of amides is 1. The molecule has 0 atom stereocenters. The Balaban J connectivity index is 2.30. The Kier molecular flexibility index (Phi) is 5.49. The van der Waals surface area contributed by atoms with Gasteiger partial charge >= 0.3 is 11.9 Å². The molecular weight excluding hydrogens is 322 g/mol. The highest BCUT2D eigenvalue weighted by Crippen LogP contribution is 2.38. The van der Waals surface area contributed by atoms with E-state index in [1.807, 2.05) is 0 Å². The van der Waals surface area contributed by atoms with E-state index in [0.717, 1.165) is 11.3 Å². The molecule has 1 aromatic heterocycles. The molecule has 0 fully saturated rings. The van der Waals surface area contributed by atoms with Crippen molar-refractivity contribution in [2.75, 3.05) is 11.9 Å². The molecule has 0 bridgehead atoms. The van der Waals surface area contributed by atoms with Crippen molar-refractivity contribution in [3.8, 4) is 0 Å². The van der Waals surface area contributed by atoms with Crippen LogP contribution in [-0.2, 0) is 20.7 Å². The number of carboxylic acid groups (broad SMARTS) is 1. The molecule has 2 rings (SSSR count). The largest absolute Gasteiger partial charge is 0.481 e. The quantitative estimate of drug-likeness (QED) is 0.769. The van der Waals surface area contributed by atoms with E-state index in [-0.39, 0.29) is 35.8 Å². The summed E-state index contributed by atoms with van der Waals surface area (Å²) in [5.41, 5.74) is 0.849. The molecule has 7 nitrogen and oxygen atoms in total. The number of carbonyl (C=O) groups is 4. The third-order valence-electron chi connectivity index (χ3n) is 3.39. The summed E-state index contributed by atoms with van der Waals surface area (Å²) in [7, 11) is 0. The van der Waals surface area contributed by atoms with Crippen LogP contribution in [0.1, 0.15) is 58.2 Å². The first-order chi connectivity index (χ1) is 10.9. The molecule has 1 aliphatic carbocycles. The van der Waals surface area contributed by atoms with Crippen LogP contribution in [0.2, 0.25) is 0 Å². The van der Waals surface area contributed by atoms with Gasteiger partial charge in [0.2, 0.25) is 5.91 Å². The molecule has 0 aliphatic heterocycles. The lowest BCUT2D eigenvalue weighted by Gasteiger charge is -2.11. The molecule has 0 unspecified atom stereocenters. The third kappa shape index (κ3) is 3.95. The van der Waals surface area contributed by atoms with Crippen molar-refractivity contribution in [3.05, 3.63) is 16.0 Å². The number of rotatable bonds is 6. The van der Waals surface area contributed by atoms with Crippen LogP contribution in [0.3, 0.4) is 0 Å². The van der Waals surface area contributed by atoms with Gasteiger partial charge in [-0.3, -0.25) is 14.4 Å². The van der Waals surface area contributed by atoms with Crippen LogP contribution in [0.15, 0.2) is 0 Å². The fourth-order valence-electron chi connectivity index (χ4n) is 2.39. The minimum absolute atomic E-state index is 0.0483. The lowest BCUT2D eigenvalue weighted by atomic mass is 9.94. The first-order valence-corrected chi connectivity index (χ1v) is 8.13. The fraction of sp³-hybridized carbons (Fsp3) is 0.467. The van der Waals surface area contributed by atoms with E-state index >= 15 is 0 Å². The second-order valence-electron chi connectivity index (χ2n) is 5.05. The average molecular weight is 339 g/mol. The predicted molar refractivity (Wildman–Crippen MR) is 83.0 cm³/mol. The van der Waals surface area contributed by atoms with Crippen molar-refractivity contribution in [1.29, 1.82) is 0 Å². The Labute approximate surface area is 136 Å². The number of ketones is 1. The number of nitrogens with one attached hydrogen (secondary N) is 1. The van der Waals surface area contributed by atoms with Gasteiger partial charge in [0.1, 0.15) is 5.00 Å². The van der Waals surface area contributed by atoms with Crippen LogP contribution in [0.25, 0.3) is 0 Å². The normalized spacial score (nSPS) is 13.3. The van der Waals surface area contributed by atoms with Gasteiger partial charge in [-0.05, 0) is 25.3 Å². The van der Waals surface area contributed by atoms with Gasteiger partial charge in [0.25, 0.3) is 0 Å². The van der Waals surface area contributed by atoms with Crippen molar-refractivity contribution in [3.63, 3.8) is 0 Å². The molecule has 2 N–H and O–H groups in total. The monoisotopic (exact) mass is 339 g/mol. The number of hydrogen-bond acceptors (Lipinski definition) is 6. The second kappa shape index (κ2) is 7.36. The minimum Gasteiger partial charge on any atom is -0.481 e. The van der Waals surface area contributed by atoms with Crippen molar-refractivity contribution in [2.24, 2.45) is 0 Å². The fourth-order valence-corrected chi connectivity index (χ4v) is 3.61. The molecule has 23 heavy (non-hydrogen) atoms. The van der Waals surface area contributed by atoms with Gasteiger partial charge < -0.3 is 15.2 Å². The van der Waals surface area contributed by atoms with Gasteiger partial charge in [-0.25, -0.2) is 4.79 Å². The van der Waals surface area contributed by atoms with Crippen molar-refractivity contribution < 1.29 is 29.0 Å². The first-order valence-electron chi connectivity index (χ1n) is 7.31. The maximum Gasteiger partial charge on any atom is 0.341 e. The van der Waals surface area contributed by atoms with Gasteiger partial charge in [-0.1, -0.05) is 0 Å². The number of esters is 1. The van der Waals surface area contributed by atoms with Crippen LogP contribution < -0.4 is 5.32 Å². The average Bonchev–Trinajstić information content (AvgIpc) is 2.85. The van der Waals surface area contributed by atoms with E-state index in [4.69, 9.17) is 9.84 Å². The topological polar surface area (TPSA) is 110 Å². The summed E-state index contributed by atoms with van der Waals surface area (Å²) in [6.45, 7) is 1.86. The van der Waals surface area contributed by atoms with E-state index in [1.165, 1.54) is 0 Å². The van der Waals surface area contributed by atoms with Gasteiger partial charge in [-0.15, -0.1) is 11.3 Å². The third-order valence-corrected chi connectivity index (χ3v) is 4.58. The summed E-state index contributed by atoms with van der Waals surface area (Å²) in [6, 6.07) is 0. The lowest BCUT2D eigenvalue weighted by Crippen LogP contribution is -2.16. The summed E-state index contributed by atoms with van der Waals surface area (Å²) in [5, 5.41) is 11.4. The van der Waals surface area contributed by atoms with Crippen molar-refractivity contribution >= 4 is 40.0 Å². The molecule has 8 heteroatoms. The molecule has 0 radical (unpaired) electrons. The van der Waals surface area contributed by atoms with Crippen LogP contribution >= 0.6 is 11.3 Å². The zero-order chi connectivity index (χ0) is 17.0. The predicted octanol–water partition coefficient (Wildman–Crippen LogP) is 2.25. The standard InChI is InChI=1S/C15H17NO6S/c1-2-22-15(21)12-8-4-3-5-9(17)13(8)23-14(12)16-10(18)6-7-11(19)20/h2-7H2,1H3,(H,16,18)(H,19,20). The molecule has 0 saturated carbocycles. The van der Waals surface area contributed by atoms with E-state index in [2.05, 4.69) is 5.32 Å². The Morgan fingerprint density at radius 2 is 2.00 bits per heavy atom. The summed E-state index contributed by atoms with van der Waals surface area (Å²) in [6.07, 6.45) is 1.15. The molecule has 0 saturated heterocycles. The summed E-state index contributed by atoms with van der Waals surface area (Å²) in [4.78, 5) is 47.0. The van der Waals surface area contributed by atoms with E-state index < -0.39 is 17.8 Å². The zero-order valence-electron chi connectivity index (χ0n) is 12.6. The number of fused-ring (bicyclic) bond motifs is 1. The molecule has 1 aromatic rings. The number of anilines is 1. The molecule has 124 valence electrons. The Bertz CT molecular complexity index is 663. The smallest absolute Gasteiger partial charge is 0.341 e. The van der Waals surface area contributed by atoms with Crippen LogP contribution in [0, 0.1) is 0 Å². The van der Waals surface area contributed by atoms with Crippen molar-refractivity contribution in [1.82, 2.24) is 0 Å². The minimum atomic E-state index is -1.08. The number of hydrogen-bond donors (Lipinski definition) is 2. The molecule has 1 aliphatic rings. The van der Waals surface area contributed by atoms with Gasteiger partial charge in [0.05, 0.1) is 23.5 Å². The molecular formula is C15H17NO6S. The summed E-state index contributed by atoms with van der Waals surface area (Å²) >= 11 is 1.06. The van der Waals surface area contributed by atoms with Gasteiger partial charge in [-0.2, -0.15) is 0 Å². The van der Waals surface area contributed by atoms with Gasteiger partial charge in [0.15, 0.2) is 5.78 Å². The Hall–Kier alpha value is -2.22. The van der Waals surface area contributed by atoms with E-state index in [9.17, 15) is 19.2 Å². The summed E-state index contributed by atoms with van der Waals surface area (Å²) in [5.74, 6) is -2.21. The highest BCUT2D eigenvalue weighted by molar-refractivity contribution is 7.18. The molecule has 1 amide bonds. The van der Waals surface area contributed by atoms with Crippen molar-refractivity contribution in [2.45, 2.75) is 39.0 Å². The number of ether oxygens (including phenoxy) is 1. The highest BCUT2D eigenvalue weighted by atomic mass is 32.1. The number of carbonyl (C=O) groups excluding carboxylic acids is 3. The lowest BCUT2D eigenvalue weighted by molar-refractivity contribution is -0.138. The zero-order valence-corrected chi connectivity index (χ0v) is 13.5. The molecule has 1 heterocycles. The number of Topliss-reactive ketones (excluding diaryl/α,β-unsaturated/α-hetero) is 1. The molecule has 0 spiro atoms. The van der Waals surface area contributed by atoms with Gasteiger partial charge in [0, 0.05) is 12.8 Å². The Morgan fingerprint density at radius 1 is 1.26 bits per heavy atom. The SMILES string of the molecule is CCOC(=O)c1c(NC(=O)CCC(=O)O)sc2c1CCCC2=O. The maximum absolute atomic E-state index is 12.2. The summed E-state index contributed by atoms with van der Waals surface area (Å²) < 4.78 is 5.02. The first kappa shape index (κ1) is 17.1. The van der Waals surface area contributed by atoms with E-state index in [0.29, 0.717) is 29.7 Å². The second-order valence-corrected chi connectivity index (χ2v) is 6.07. The number of carboxylic acids is 1. The molecule has 0 aromatic carbocycles. The van der Waals surface area contributed by atoms with Crippen LogP contribution in [0.4, 0.5) is 5.00 Å². The maximum atomic E-state index is 12.2. The van der Waals surface area contributed by atoms with E-state index in [1.54, 1.807) is 6.92 Å². The highest BCUT2D eigenvalue weighted by Gasteiger charge is 2.30. The number of aliphatic carboxylic acids is 1. The van der Waals surface area contributed by atoms with Crippen LogP contribution in [0.5, 0.6) is 0 Å². The van der Waals surface area contributed by atoms with Crippen LogP contribution in [-0.4, -0.2) is 35.3 Å².